The van der Waals surface area contributed by atoms with E-state index < -0.39 is 0 Å². The average Bonchev–Trinajstić information content (AvgIpc) is 2.42. The summed E-state index contributed by atoms with van der Waals surface area (Å²) in [6.07, 6.45) is 1.38. The van der Waals surface area contributed by atoms with E-state index >= 15 is 0 Å². The predicted octanol–water partition coefficient (Wildman–Crippen LogP) is 1.66. The largest absolute Gasteiger partial charge is 0.330 e. The summed E-state index contributed by atoms with van der Waals surface area (Å²) in [4.78, 5) is 0. The first kappa shape index (κ1) is 9.25. The zero-order chi connectivity index (χ0) is 6.15. The summed E-state index contributed by atoms with van der Waals surface area (Å²) < 4.78 is 0. The molecule has 56 valence electrons. The fourth-order valence-corrected chi connectivity index (χ4v) is 1.36. The molecule has 0 heterocycles. The Morgan fingerprint density at radius 3 is 2.22 bits per heavy atom. The number of rotatable bonds is 2. The Kier molecular flexibility index (Phi) is 3.52. The van der Waals surface area contributed by atoms with E-state index in [1.54, 1.807) is 0 Å². The van der Waals surface area contributed by atoms with E-state index in [2.05, 4.69) is 13.8 Å². The third-order valence-electron chi connectivity index (χ3n) is 2.14. The summed E-state index contributed by atoms with van der Waals surface area (Å²) in [5.41, 5.74) is 5.46. The standard InChI is InChI=1S/C7H15N.ClH/c1-5(2)7-3-6(7)4-8;/h5-7H,3-4,8H2,1-2H3;1H. The highest BCUT2D eigenvalue weighted by Crippen LogP contribution is 2.42. The van der Waals surface area contributed by atoms with Crippen molar-refractivity contribution in [3.05, 3.63) is 0 Å². The molecule has 1 nitrogen and oxygen atoms in total. The van der Waals surface area contributed by atoms with Crippen molar-refractivity contribution in [2.45, 2.75) is 20.3 Å². The molecule has 0 bridgehead atoms. The van der Waals surface area contributed by atoms with E-state index in [0.29, 0.717) is 0 Å². The molecule has 0 spiro atoms. The lowest BCUT2D eigenvalue weighted by atomic mass is 10.1. The monoisotopic (exact) mass is 149 g/mol. The van der Waals surface area contributed by atoms with Gasteiger partial charge >= 0.3 is 0 Å². The van der Waals surface area contributed by atoms with Crippen LogP contribution in [0.5, 0.6) is 0 Å². The van der Waals surface area contributed by atoms with Gasteiger partial charge < -0.3 is 5.73 Å². The van der Waals surface area contributed by atoms with Gasteiger partial charge in [0.25, 0.3) is 0 Å². The third-order valence-corrected chi connectivity index (χ3v) is 2.14. The van der Waals surface area contributed by atoms with Crippen LogP contribution in [0.2, 0.25) is 0 Å². The highest BCUT2D eigenvalue weighted by molar-refractivity contribution is 5.85. The summed E-state index contributed by atoms with van der Waals surface area (Å²) in [6.45, 7) is 5.46. The Balaban J connectivity index is 0.000000640. The molecule has 0 radical (unpaired) electrons. The number of hydrogen-bond donors (Lipinski definition) is 1. The van der Waals surface area contributed by atoms with Crippen LogP contribution in [-0.4, -0.2) is 6.54 Å². The first-order valence-corrected chi connectivity index (χ1v) is 3.45. The second-order valence-corrected chi connectivity index (χ2v) is 3.14. The zero-order valence-electron chi connectivity index (χ0n) is 6.13. The maximum absolute atomic E-state index is 5.46. The Bertz CT molecular complexity index is 83.0. The van der Waals surface area contributed by atoms with E-state index in [1.165, 1.54) is 6.42 Å². The minimum atomic E-state index is 0. The van der Waals surface area contributed by atoms with Crippen LogP contribution >= 0.6 is 12.4 Å². The van der Waals surface area contributed by atoms with Crippen molar-refractivity contribution < 1.29 is 0 Å². The van der Waals surface area contributed by atoms with Gasteiger partial charge in [0.15, 0.2) is 0 Å². The molecule has 0 aliphatic heterocycles. The van der Waals surface area contributed by atoms with Gasteiger partial charge in [-0.1, -0.05) is 13.8 Å². The van der Waals surface area contributed by atoms with Gasteiger partial charge in [-0.05, 0) is 30.7 Å². The molecule has 0 aromatic rings. The molecule has 1 aliphatic carbocycles. The summed E-state index contributed by atoms with van der Waals surface area (Å²) in [5.74, 6) is 2.69. The number of nitrogens with two attached hydrogens (primary N) is 1. The van der Waals surface area contributed by atoms with Crippen molar-refractivity contribution in [3.63, 3.8) is 0 Å². The maximum atomic E-state index is 5.46. The van der Waals surface area contributed by atoms with Crippen molar-refractivity contribution in [1.82, 2.24) is 0 Å². The minimum absolute atomic E-state index is 0. The molecule has 0 amide bonds. The molecule has 2 atom stereocenters. The maximum Gasteiger partial charge on any atom is -0.00460 e. The second kappa shape index (κ2) is 3.43. The molecular weight excluding hydrogens is 134 g/mol. The number of hydrogen-bond acceptors (Lipinski definition) is 1. The second-order valence-electron chi connectivity index (χ2n) is 3.14. The summed E-state index contributed by atoms with van der Waals surface area (Å²) in [7, 11) is 0. The van der Waals surface area contributed by atoms with Gasteiger partial charge in [0.2, 0.25) is 0 Å². The van der Waals surface area contributed by atoms with Gasteiger partial charge in [0, 0.05) is 0 Å². The SMILES string of the molecule is CC(C)C1CC1CN.Cl. The lowest BCUT2D eigenvalue weighted by molar-refractivity contribution is 0.520. The van der Waals surface area contributed by atoms with E-state index in [0.717, 1.165) is 24.3 Å². The number of halogens is 1. The lowest BCUT2D eigenvalue weighted by Gasteiger charge is -1.98. The van der Waals surface area contributed by atoms with Gasteiger partial charge in [-0.15, -0.1) is 12.4 Å². The molecule has 1 rings (SSSR count). The highest BCUT2D eigenvalue weighted by atomic mass is 35.5. The Hall–Kier alpha value is 0.250. The van der Waals surface area contributed by atoms with Crippen molar-refractivity contribution in [2.75, 3.05) is 6.54 Å². The molecule has 9 heavy (non-hydrogen) atoms. The lowest BCUT2D eigenvalue weighted by Crippen LogP contribution is -2.04. The van der Waals surface area contributed by atoms with Gasteiger partial charge in [-0.2, -0.15) is 0 Å². The molecule has 1 saturated carbocycles. The molecule has 1 fully saturated rings. The van der Waals surface area contributed by atoms with Gasteiger partial charge in [0.1, 0.15) is 0 Å². The zero-order valence-corrected chi connectivity index (χ0v) is 6.95. The molecule has 0 aromatic carbocycles. The van der Waals surface area contributed by atoms with Gasteiger partial charge in [-0.3, -0.25) is 0 Å². The van der Waals surface area contributed by atoms with Gasteiger partial charge in [0.05, 0.1) is 0 Å². The third kappa shape index (κ3) is 2.15. The van der Waals surface area contributed by atoms with Crippen LogP contribution in [0.15, 0.2) is 0 Å². The Labute approximate surface area is 63.4 Å². The van der Waals surface area contributed by atoms with E-state index in [9.17, 15) is 0 Å². The van der Waals surface area contributed by atoms with Crippen LogP contribution in [0.25, 0.3) is 0 Å². The van der Waals surface area contributed by atoms with E-state index in [-0.39, 0.29) is 12.4 Å². The van der Waals surface area contributed by atoms with E-state index in [1.807, 2.05) is 0 Å². The fraction of sp³-hybridized carbons (Fsp3) is 1.00. The Morgan fingerprint density at radius 2 is 2.11 bits per heavy atom. The van der Waals surface area contributed by atoms with Crippen LogP contribution < -0.4 is 5.73 Å². The smallest absolute Gasteiger partial charge is 0.00460 e. The predicted molar refractivity (Wildman–Crippen MR) is 42.7 cm³/mol. The topological polar surface area (TPSA) is 26.0 Å². The molecule has 0 saturated heterocycles. The molecule has 1 aliphatic rings. The van der Waals surface area contributed by atoms with Crippen molar-refractivity contribution in [3.8, 4) is 0 Å². The normalized spacial score (nSPS) is 32.0. The molecular formula is C7H16ClN. The molecule has 2 heteroatoms. The molecule has 0 aromatic heterocycles. The van der Waals surface area contributed by atoms with Crippen LogP contribution in [0, 0.1) is 17.8 Å². The van der Waals surface area contributed by atoms with Crippen LogP contribution in [0.1, 0.15) is 20.3 Å². The van der Waals surface area contributed by atoms with Crippen molar-refractivity contribution in [1.29, 1.82) is 0 Å². The van der Waals surface area contributed by atoms with Gasteiger partial charge in [-0.25, -0.2) is 0 Å². The van der Waals surface area contributed by atoms with Crippen LogP contribution in [-0.2, 0) is 0 Å². The van der Waals surface area contributed by atoms with Crippen LogP contribution in [0.3, 0.4) is 0 Å². The highest BCUT2D eigenvalue weighted by Gasteiger charge is 2.37. The minimum Gasteiger partial charge on any atom is -0.330 e. The first-order chi connectivity index (χ1) is 3.75. The quantitative estimate of drug-likeness (QED) is 0.635. The molecule has 2 N–H and O–H groups in total. The first-order valence-electron chi connectivity index (χ1n) is 3.45. The van der Waals surface area contributed by atoms with Crippen molar-refractivity contribution >= 4 is 12.4 Å². The Morgan fingerprint density at radius 1 is 1.56 bits per heavy atom. The summed E-state index contributed by atoms with van der Waals surface area (Å²) in [6, 6.07) is 0. The fourth-order valence-electron chi connectivity index (χ4n) is 1.36. The average molecular weight is 150 g/mol. The summed E-state index contributed by atoms with van der Waals surface area (Å²) in [5, 5.41) is 0. The molecule has 2 unspecified atom stereocenters. The summed E-state index contributed by atoms with van der Waals surface area (Å²) >= 11 is 0. The van der Waals surface area contributed by atoms with Crippen molar-refractivity contribution in [2.24, 2.45) is 23.5 Å². The van der Waals surface area contributed by atoms with Crippen LogP contribution in [0.4, 0.5) is 0 Å². The van der Waals surface area contributed by atoms with E-state index in [4.69, 9.17) is 5.73 Å².